The van der Waals surface area contributed by atoms with Crippen molar-refractivity contribution in [1.82, 2.24) is 24.8 Å². The highest BCUT2D eigenvalue weighted by Gasteiger charge is 2.37. The van der Waals surface area contributed by atoms with Gasteiger partial charge >= 0.3 is 0 Å². The summed E-state index contributed by atoms with van der Waals surface area (Å²) in [5.74, 6) is -1.23. The third kappa shape index (κ3) is 6.19. The molecule has 10 heteroatoms. The number of hydrogen-bond donors (Lipinski definition) is 1. The van der Waals surface area contributed by atoms with E-state index in [0.29, 0.717) is 12.4 Å². The van der Waals surface area contributed by atoms with Crippen molar-refractivity contribution >= 4 is 34.9 Å². The highest BCUT2D eigenvalue weighted by molar-refractivity contribution is 5.84. The summed E-state index contributed by atoms with van der Waals surface area (Å²) >= 11 is 0. The summed E-state index contributed by atoms with van der Waals surface area (Å²) in [6.45, 7) is 3.94. The molecule has 4 aromatic rings. The van der Waals surface area contributed by atoms with Gasteiger partial charge in [0, 0.05) is 55.1 Å². The minimum atomic E-state index is -2.64. The largest absolute Gasteiger partial charge is 0.341 e. The zero-order chi connectivity index (χ0) is 26.5. The molecule has 2 fully saturated rings. The van der Waals surface area contributed by atoms with E-state index in [-0.39, 0.29) is 13.0 Å². The minimum absolute atomic E-state index is 0.189. The molecule has 0 atom stereocenters. The van der Waals surface area contributed by atoms with Crippen LogP contribution in [0.15, 0.2) is 60.9 Å². The number of nitrogens with one attached hydrogen (secondary N) is 1. The number of amides is 1. The third-order valence-corrected chi connectivity index (χ3v) is 6.56. The number of likely N-dealkylation sites (tertiary alicyclic amines) is 1. The van der Waals surface area contributed by atoms with Gasteiger partial charge in [0.05, 0.1) is 17.8 Å². The molecular weight excluding hydrogens is 488 g/mol. The van der Waals surface area contributed by atoms with Crippen LogP contribution in [0.1, 0.15) is 24.8 Å². The van der Waals surface area contributed by atoms with E-state index in [9.17, 15) is 13.6 Å². The van der Waals surface area contributed by atoms with Crippen LogP contribution < -0.4 is 10.2 Å². The van der Waals surface area contributed by atoms with E-state index < -0.39 is 12.5 Å². The first-order chi connectivity index (χ1) is 18.4. The Morgan fingerprint density at radius 2 is 1.76 bits per heavy atom. The first-order valence-electron chi connectivity index (χ1n) is 12.6. The highest BCUT2D eigenvalue weighted by Crippen LogP contribution is 2.26. The summed E-state index contributed by atoms with van der Waals surface area (Å²) in [4.78, 5) is 31.6. The van der Waals surface area contributed by atoms with E-state index >= 15 is 0 Å². The van der Waals surface area contributed by atoms with Crippen LogP contribution in [0.3, 0.4) is 0 Å². The number of nitrogens with zero attached hydrogens (tertiary/aromatic N) is 6. The van der Waals surface area contributed by atoms with Crippen LogP contribution in [-0.2, 0) is 4.79 Å². The molecule has 196 valence electrons. The zero-order valence-electron chi connectivity index (χ0n) is 21.1. The molecule has 2 aliphatic heterocycles. The second-order valence-electron chi connectivity index (χ2n) is 9.58. The molecule has 0 radical (unpaired) electrons. The molecular formula is C28H29F2N7O. The van der Waals surface area contributed by atoms with Crippen LogP contribution in [0, 0.1) is 6.92 Å². The normalized spacial score (nSPS) is 16.3. The van der Waals surface area contributed by atoms with Crippen molar-refractivity contribution in [2.24, 2.45) is 0 Å². The summed E-state index contributed by atoms with van der Waals surface area (Å²) < 4.78 is 24.4. The maximum absolute atomic E-state index is 12.2. The van der Waals surface area contributed by atoms with Crippen molar-refractivity contribution in [1.29, 1.82) is 0 Å². The van der Waals surface area contributed by atoms with Crippen LogP contribution in [0.2, 0.25) is 0 Å². The van der Waals surface area contributed by atoms with Crippen molar-refractivity contribution < 1.29 is 13.6 Å². The lowest BCUT2D eigenvalue weighted by molar-refractivity contribution is -0.118. The van der Waals surface area contributed by atoms with Crippen LogP contribution in [0.25, 0.3) is 22.2 Å². The number of carbonyl (C=O) groups is 1. The van der Waals surface area contributed by atoms with Crippen LogP contribution >= 0.6 is 0 Å². The van der Waals surface area contributed by atoms with E-state index in [4.69, 9.17) is 4.98 Å². The maximum atomic E-state index is 12.2. The molecule has 2 aliphatic rings. The number of halogens is 2. The predicted octanol–water partition coefficient (Wildman–Crippen LogP) is 5.22. The summed E-state index contributed by atoms with van der Waals surface area (Å²) in [6, 6.07) is 16.3. The fourth-order valence-electron chi connectivity index (χ4n) is 4.45. The van der Waals surface area contributed by atoms with Gasteiger partial charge in [0.25, 0.3) is 5.92 Å². The van der Waals surface area contributed by atoms with Gasteiger partial charge in [0.2, 0.25) is 18.3 Å². The summed E-state index contributed by atoms with van der Waals surface area (Å²) in [6.07, 6.45) is 6.38. The molecule has 1 N–H and O–H groups in total. The van der Waals surface area contributed by atoms with Gasteiger partial charge in [0.15, 0.2) is 0 Å². The number of carbonyl (C=O) groups excluding carboxylic acids is 1. The van der Waals surface area contributed by atoms with E-state index in [0.717, 1.165) is 51.8 Å². The minimum Gasteiger partial charge on any atom is -0.341 e. The van der Waals surface area contributed by atoms with Crippen LogP contribution in [0.4, 0.5) is 26.4 Å². The topological polar surface area (TPSA) is 87.1 Å². The van der Waals surface area contributed by atoms with Crippen molar-refractivity contribution in [3.63, 3.8) is 0 Å². The fraction of sp³-hybridized carbons (Fsp3) is 0.321. The first kappa shape index (κ1) is 25.4. The van der Waals surface area contributed by atoms with Crippen molar-refractivity contribution in [3.8, 4) is 11.3 Å². The smallest absolute Gasteiger partial charge is 0.267 e. The monoisotopic (exact) mass is 517 g/mol. The quantitative estimate of drug-likeness (QED) is 0.363. The number of aryl methyl sites for hydroxylation is 1. The molecule has 0 aliphatic carbocycles. The SMILES string of the molecule is Cc1ccc(Nc2nccc(-c3ccc4nc(N5CCCC5)ncc4c3)n2)cc1.O=CN1CCC(F)(F)C1. The molecule has 2 aromatic heterocycles. The first-order valence-corrected chi connectivity index (χ1v) is 12.6. The van der Waals surface area contributed by atoms with Crippen molar-refractivity contribution in [2.75, 3.05) is 36.4 Å². The van der Waals surface area contributed by atoms with E-state index in [1.165, 1.54) is 18.4 Å². The average Bonchev–Trinajstić information content (AvgIpc) is 3.59. The number of hydrogen-bond acceptors (Lipinski definition) is 7. The van der Waals surface area contributed by atoms with Crippen LogP contribution in [-0.4, -0.2) is 63.3 Å². The molecule has 2 aromatic carbocycles. The van der Waals surface area contributed by atoms with Crippen molar-refractivity contribution in [2.45, 2.75) is 32.1 Å². The van der Waals surface area contributed by atoms with Gasteiger partial charge in [-0.3, -0.25) is 4.79 Å². The Hall–Kier alpha value is -4.21. The number of fused-ring (bicyclic) bond motifs is 1. The Balaban J connectivity index is 0.000000278. The number of anilines is 3. The van der Waals surface area contributed by atoms with Crippen molar-refractivity contribution in [3.05, 3.63) is 66.5 Å². The number of benzene rings is 2. The molecule has 0 bridgehead atoms. The Bertz CT molecular complexity index is 1410. The van der Waals surface area contributed by atoms with Gasteiger partial charge in [-0.1, -0.05) is 23.8 Å². The van der Waals surface area contributed by atoms with Gasteiger partial charge in [-0.2, -0.15) is 0 Å². The Kier molecular flexibility index (Phi) is 7.39. The molecule has 0 spiro atoms. The highest BCUT2D eigenvalue weighted by atomic mass is 19.3. The molecule has 0 unspecified atom stereocenters. The van der Waals surface area contributed by atoms with Gasteiger partial charge in [0.1, 0.15) is 0 Å². The van der Waals surface area contributed by atoms with Gasteiger partial charge < -0.3 is 15.1 Å². The Morgan fingerprint density at radius 3 is 2.45 bits per heavy atom. The summed E-state index contributed by atoms with van der Waals surface area (Å²) in [7, 11) is 0. The number of alkyl halides is 2. The fourth-order valence-corrected chi connectivity index (χ4v) is 4.45. The average molecular weight is 518 g/mol. The molecule has 38 heavy (non-hydrogen) atoms. The molecule has 8 nitrogen and oxygen atoms in total. The second-order valence-corrected chi connectivity index (χ2v) is 9.58. The molecule has 6 rings (SSSR count). The molecule has 2 saturated heterocycles. The lowest BCUT2D eigenvalue weighted by Gasteiger charge is -2.15. The van der Waals surface area contributed by atoms with Gasteiger partial charge in [-0.25, -0.2) is 28.7 Å². The lowest BCUT2D eigenvalue weighted by atomic mass is 10.1. The molecule has 4 heterocycles. The van der Waals surface area contributed by atoms with Gasteiger partial charge in [-0.05, 0) is 50.1 Å². The maximum Gasteiger partial charge on any atom is 0.267 e. The van der Waals surface area contributed by atoms with E-state index in [2.05, 4.69) is 56.4 Å². The molecule has 0 saturated carbocycles. The van der Waals surface area contributed by atoms with E-state index in [1.807, 2.05) is 30.5 Å². The Morgan fingerprint density at radius 1 is 0.974 bits per heavy atom. The second kappa shape index (κ2) is 11.0. The van der Waals surface area contributed by atoms with Crippen LogP contribution in [0.5, 0.6) is 0 Å². The standard InChI is InChI=1S/C23H22N6.C5H7F2NO/c1-16-4-7-19(8-5-16)26-22-24-11-10-21(27-22)17-6-9-20-18(14-17)15-25-23(28-20)29-12-2-3-13-29;6-5(7)1-2-8(3-5)4-9/h4-11,14-15H,2-3,12-13H2,1H3,(H,24,26,27);4H,1-3H2. The van der Waals surface area contributed by atoms with E-state index in [1.54, 1.807) is 6.20 Å². The molecule has 1 amide bonds. The number of rotatable bonds is 5. The summed E-state index contributed by atoms with van der Waals surface area (Å²) in [5.41, 5.74) is 5.02. The predicted molar refractivity (Wildman–Crippen MR) is 144 cm³/mol. The summed E-state index contributed by atoms with van der Waals surface area (Å²) in [5, 5.41) is 4.28. The lowest BCUT2D eigenvalue weighted by Crippen LogP contribution is -2.23. The third-order valence-electron chi connectivity index (χ3n) is 6.56. The number of aromatic nitrogens is 4. The van der Waals surface area contributed by atoms with Gasteiger partial charge in [-0.15, -0.1) is 0 Å². The Labute approximate surface area is 219 Å². The zero-order valence-corrected chi connectivity index (χ0v) is 21.1.